The van der Waals surface area contributed by atoms with Crippen molar-refractivity contribution < 1.29 is 9.59 Å². The lowest BCUT2D eigenvalue weighted by Crippen LogP contribution is -2.47. The van der Waals surface area contributed by atoms with Crippen LogP contribution in [0.1, 0.15) is 29.8 Å². The number of hydrogen-bond acceptors (Lipinski definition) is 5. The highest BCUT2D eigenvalue weighted by Gasteiger charge is 2.29. The van der Waals surface area contributed by atoms with E-state index in [0.29, 0.717) is 18.2 Å². The number of piperidine rings is 1. The van der Waals surface area contributed by atoms with Crippen molar-refractivity contribution in [2.24, 2.45) is 5.92 Å². The molecule has 0 bridgehead atoms. The Balaban J connectivity index is 1.47. The van der Waals surface area contributed by atoms with Gasteiger partial charge in [0.2, 0.25) is 11.0 Å². The van der Waals surface area contributed by atoms with E-state index in [1.807, 2.05) is 18.2 Å². The van der Waals surface area contributed by atoms with E-state index < -0.39 is 0 Å². The number of aryl methyl sites for hydroxylation is 2. The van der Waals surface area contributed by atoms with Crippen LogP contribution in [0.15, 0.2) is 30.3 Å². The maximum atomic E-state index is 12.6. The first-order valence-corrected chi connectivity index (χ1v) is 10.5. The Morgan fingerprint density at radius 3 is 2.75 bits per heavy atom. The summed E-state index contributed by atoms with van der Waals surface area (Å²) in [6.45, 7) is 1.15. The molecule has 7 nitrogen and oxygen atoms in total. The van der Waals surface area contributed by atoms with Gasteiger partial charge in [0, 0.05) is 33.6 Å². The third kappa shape index (κ3) is 5.51. The van der Waals surface area contributed by atoms with E-state index in [1.165, 1.54) is 16.9 Å². The van der Waals surface area contributed by atoms with Crippen LogP contribution in [0.2, 0.25) is 0 Å². The van der Waals surface area contributed by atoms with Crippen LogP contribution in [0.5, 0.6) is 0 Å². The zero-order valence-electron chi connectivity index (χ0n) is 16.4. The summed E-state index contributed by atoms with van der Waals surface area (Å²) in [5, 5.41) is 12.7. The molecule has 3 amide bonds. The molecule has 150 valence electrons. The summed E-state index contributed by atoms with van der Waals surface area (Å²) in [7, 11) is 3.46. The second-order valence-electron chi connectivity index (χ2n) is 7.29. The zero-order valence-corrected chi connectivity index (χ0v) is 17.2. The molecule has 8 heteroatoms. The van der Waals surface area contributed by atoms with E-state index in [9.17, 15) is 9.59 Å². The maximum absolute atomic E-state index is 12.6. The predicted molar refractivity (Wildman–Crippen MR) is 110 cm³/mol. The predicted octanol–water partition coefficient (Wildman–Crippen LogP) is 3.05. The number of urea groups is 1. The first-order chi connectivity index (χ1) is 13.5. The Morgan fingerprint density at radius 1 is 1.21 bits per heavy atom. The van der Waals surface area contributed by atoms with Gasteiger partial charge in [-0.2, -0.15) is 0 Å². The fourth-order valence-electron chi connectivity index (χ4n) is 3.35. The van der Waals surface area contributed by atoms with Gasteiger partial charge in [-0.15, -0.1) is 10.2 Å². The van der Waals surface area contributed by atoms with Crippen molar-refractivity contribution in [3.63, 3.8) is 0 Å². The molecule has 1 aromatic carbocycles. The fraction of sp³-hybridized carbons (Fsp3) is 0.500. The summed E-state index contributed by atoms with van der Waals surface area (Å²) >= 11 is 1.43. The number of anilines is 1. The van der Waals surface area contributed by atoms with Gasteiger partial charge in [0.1, 0.15) is 5.01 Å². The highest BCUT2D eigenvalue weighted by molar-refractivity contribution is 7.15. The molecule has 0 aliphatic carbocycles. The Kier molecular flexibility index (Phi) is 6.97. The molecule has 1 aromatic heterocycles. The number of amides is 3. The Bertz CT molecular complexity index is 793. The molecule has 0 saturated carbocycles. The monoisotopic (exact) mass is 401 g/mol. The summed E-state index contributed by atoms with van der Waals surface area (Å²) in [5.41, 5.74) is 1.31. The first kappa shape index (κ1) is 20.3. The van der Waals surface area contributed by atoms with E-state index in [0.717, 1.165) is 37.1 Å². The van der Waals surface area contributed by atoms with Crippen LogP contribution in [0.4, 0.5) is 9.93 Å². The number of rotatable bonds is 6. The average molecular weight is 402 g/mol. The van der Waals surface area contributed by atoms with Gasteiger partial charge in [-0.05, 0) is 31.2 Å². The van der Waals surface area contributed by atoms with Crippen molar-refractivity contribution in [3.05, 3.63) is 40.9 Å². The standard InChI is InChI=1S/C20H27N5O2S/c1-24(2)20(27)25-13-7-11-16(14-25)18(26)21-19-23-22-17(28-19)12-6-10-15-8-4-3-5-9-15/h3-5,8-9,16H,6-7,10-14H2,1-2H3,(H,21,23,26)/t16-/m0/s1. The molecule has 2 aromatic rings. The van der Waals surface area contributed by atoms with Gasteiger partial charge in [0.25, 0.3) is 0 Å². The Hall–Kier alpha value is -2.48. The van der Waals surface area contributed by atoms with Crippen LogP contribution in [-0.4, -0.2) is 59.1 Å². The van der Waals surface area contributed by atoms with E-state index in [1.54, 1.807) is 23.9 Å². The largest absolute Gasteiger partial charge is 0.331 e. The number of nitrogens with zero attached hydrogens (tertiary/aromatic N) is 4. The molecule has 1 aliphatic rings. The number of nitrogens with one attached hydrogen (secondary N) is 1. The van der Waals surface area contributed by atoms with Crippen LogP contribution in [0.25, 0.3) is 0 Å². The quantitative estimate of drug-likeness (QED) is 0.807. The summed E-state index contributed by atoms with van der Waals surface area (Å²) < 4.78 is 0. The topological polar surface area (TPSA) is 78.4 Å². The van der Waals surface area contributed by atoms with Crippen molar-refractivity contribution in [2.75, 3.05) is 32.5 Å². The summed E-state index contributed by atoms with van der Waals surface area (Å²) in [6.07, 6.45) is 4.46. The number of benzene rings is 1. The molecule has 1 N–H and O–H groups in total. The molecular weight excluding hydrogens is 374 g/mol. The second-order valence-corrected chi connectivity index (χ2v) is 8.35. The van der Waals surface area contributed by atoms with Crippen molar-refractivity contribution >= 4 is 28.4 Å². The lowest BCUT2D eigenvalue weighted by atomic mass is 9.97. The summed E-state index contributed by atoms with van der Waals surface area (Å²) in [5.74, 6) is -0.286. The van der Waals surface area contributed by atoms with Gasteiger partial charge in [-0.3, -0.25) is 4.79 Å². The van der Waals surface area contributed by atoms with E-state index in [2.05, 4.69) is 27.6 Å². The molecule has 0 unspecified atom stereocenters. The van der Waals surface area contributed by atoms with Crippen molar-refractivity contribution in [1.29, 1.82) is 0 Å². The lowest BCUT2D eigenvalue weighted by molar-refractivity contribution is -0.121. The molecule has 1 atom stereocenters. The van der Waals surface area contributed by atoms with E-state index >= 15 is 0 Å². The molecular formula is C20H27N5O2S. The minimum Gasteiger partial charge on any atom is -0.331 e. The van der Waals surface area contributed by atoms with Crippen LogP contribution >= 0.6 is 11.3 Å². The molecule has 0 spiro atoms. The summed E-state index contributed by atoms with van der Waals surface area (Å²) in [4.78, 5) is 28.0. The average Bonchev–Trinajstić information content (AvgIpc) is 3.15. The van der Waals surface area contributed by atoms with Crippen molar-refractivity contribution in [1.82, 2.24) is 20.0 Å². The van der Waals surface area contributed by atoms with Gasteiger partial charge in [0.05, 0.1) is 5.92 Å². The Morgan fingerprint density at radius 2 is 2.00 bits per heavy atom. The van der Waals surface area contributed by atoms with Crippen molar-refractivity contribution in [3.8, 4) is 0 Å². The molecule has 3 rings (SSSR count). The molecule has 0 radical (unpaired) electrons. The molecule has 28 heavy (non-hydrogen) atoms. The van der Waals surface area contributed by atoms with Crippen LogP contribution in [-0.2, 0) is 17.6 Å². The zero-order chi connectivity index (χ0) is 19.9. The van der Waals surface area contributed by atoms with E-state index in [-0.39, 0.29) is 17.9 Å². The third-order valence-electron chi connectivity index (χ3n) is 4.84. The maximum Gasteiger partial charge on any atom is 0.319 e. The first-order valence-electron chi connectivity index (χ1n) is 9.66. The second kappa shape index (κ2) is 9.64. The minimum atomic E-state index is -0.205. The minimum absolute atomic E-state index is 0.0471. The Labute approximate surface area is 169 Å². The number of carbonyl (C=O) groups is 2. The van der Waals surface area contributed by atoms with E-state index in [4.69, 9.17) is 0 Å². The number of carbonyl (C=O) groups excluding carboxylic acids is 2. The lowest BCUT2D eigenvalue weighted by Gasteiger charge is -2.33. The van der Waals surface area contributed by atoms with Crippen LogP contribution < -0.4 is 5.32 Å². The van der Waals surface area contributed by atoms with Gasteiger partial charge < -0.3 is 15.1 Å². The number of aromatic nitrogens is 2. The molecule has 1 saturated heterocycles. The van der Waals surface area contributed by atoms with Gasteiger partial charge in [0.15, 0.2) is 0 Å². The fourth-order valence-corrected chi connectivity index (χ4v) is 4.13. The molecule has 1 aliphatic heterocycles. The normalized spacial score (nSPS) is 16.6. The molecule has 2 heterocycles. The highest BCUT2D eigenvalue weighted by Crippen LogP contribution is 2.22. The van der Waals surface area contributed by atoms with Gasteiger partial charge in [-0.1, -0.05) is 41.7 Å². The SMILES string of the molecule is CN(C)C(=O)N1CCC[C@H](C(=O)Nc2nnc(CCCc3ccccc3)s2)C1. The van der Waals surface area contributed by atoms with Gasteiger partial charge >= 0.3 is 6.03 Å². The third-order valence-corrected chi connectivity index (χ3v) is 5.74. The molecule has 1 fully saturated rings. The summed E-state index contributed by atoms with van der Waals surface area (Å²) in [6, 6.07) is 10.3. The number of hydrogen-bond donors (Lipinski definition) is 1. The highest BCUT2D eigenvalue weighted by atomic mass is 32.1. The number of likely N-dealkylation sites (tertiary alicyclic amines) is 1. The van der Waals surface area contributed by atoms with Crippen LogP contribution in [0.3, 0.4) is 0 Å². The van der Waals surface area contributed by atoms with Gasteiger partial charge in [-0.25, -0.2) is 4.79 Å². The smallest absolute Gasteiger partial charge is 0.319 e. The van der Waals surface area contributed by atoms with Crippen LogP contribution in [0, 0.1) is 5.92 Å². The van der Waals surface area contributed by atoms with Crippen molar-refractivity contribution in [2.45, 2.75) is 32.1 Å².